The van der Waals surface area contributed by atoms with Crippen molar-refractivity contribution < 1.29 is 14.4 Å². The third-order valence-corrected chi connectivity index (χ3v) is 6.05. The van der Waals surface area contributed by atoms with Crippen LogP contribution in [0, 0.1) is 18.8 Å². The smallest absolute Gasteiger partial charge is 0.284 e. The summed E-state index contributed by atoms with van der Waals surface area (Å²) in [5.74, 6) is 6.92. The fourth-order valence-electron chi connectivity index (χ4n) is 4.43. The molecule has 1 fully saturated rings. The molecule has 30 heavy (non-hydrogen) atoms. The van der Waals surface area contributed by atoms with Gasteiger partial charge in [0, 0.05) is 36.7 Å². The highest BCUT2D eigenvalue weighted by atomic mass is 16.5. The number of nitrogens with zero attached hydrogens (tertiary/aromatic N) is 4. The van der Waals surface area contributed by atoms with Crippen LogP contribution in [0.15, 0.2) is 22.7 Å². The van der Waals surface area contributed by atoms with Crippen molar-refractivity contribution in [2.45, 2.75) is 44.1 Å². The Labute approximate surface area is 173 Å². The first-order chi connectivity index (χ1) is 14.2. The predicted octanol–water partition coefficient (Wildman–Crippen LogP) is 2.11. The number of primary amides is 1. The lowest BCUT2D eigenvalue weighted by Gasteiger charge is -2.34. The van der Waals surface area contributed by atoms with Crippen molar-refractivity contribution in [3.63, 3.8) is 0 Å². The van der Waals surface area contributed by atoms with E-state index in [-0.39, 0.29) is 11.6 Å². The van der Waals surface area contributed by atoms with E-state index in [0.717, 1.165) is 35.4 Å². The van der Waals surface area contributed by atoms with Gasteiger partial charge in [-0.2, -0.15) is 4.98 Å². The number of rotatable bonds is 2. The lowest BCUT2D eigenvalue weighted by atomic mass is 9.71. The van der Waals surface area contributed by atoms with Crippen LogP contribution >= 0.6 is 0 Å². The number of aryl methyl sites for hydroxylation is 1. The molecule has 8 nitrogen and oxygen atoms in total. The Hall–Kier alpha value is -3.44. The highest BCUT2D eigenvalue weighted by molar-refractivity contribution is 5.91. The minimum atomic E-state index is -1.54. The van der Waals surface area contributed by atoms with Gasteiger partial charge < -0.3 is 19.9 Å². The maximum atomic E-state index is 11.8. The van der Waals surface area contributed by atoms with Crippen LogP contribution in [-0.4, -0.2) is 30.7 Å². The Morgan fingerprint density at radius 1 is 1.33 bits per heavy atom. The summed E-state index contributed by atoms with van der Waals surface area (Å²) in [5, 5.41) is 14.4. The number of aliphatic hydroxyl groups is 1. The van der Waals surface area contributed by atoms with Crippen molar-refractivity contribution in [1.82, 2.24) is 19.7 Å². The second-order valence-corrected chi connectivity index (χ2v) is 8.22. The molecular formula is C22H21N5O3. The van der Waals surface area contributed by atoms with Gasteiger partial charge in [0.15, 0.2) is 11.4 Å². The molecule has 3 N–H and O–H groups in total. The molecule has 2 heterocycles. The Bertz CT molecular complexity index is 1250. The molecule has 2 bridgehead atoms. The van der Waals surface area contributed by atoms with Crippen molar-refractivity contribution in [2.75, 3.05) is 0 Å². The minimum absolute atomic E-state index is 0.126. The third kappa shape index (κ3) is 2.74. The Morgan fingerprint density at radius 3 is 2.77 bits per heavy atom. The SMILES string of the molecule is Cc1nc([C@](C)(O)C#Cc2ccc3c(c2)-c2nc(C(N)=O)n(C)c2C2CC3C2)no1. The number of amides is 1. The van der Waals surface area contributed by atoms with E-state index in [9.17, 15) is 9.90 Å². The summed E-state index contributed by atoms with van der Waals surface area (Å²) in [5.41, 5.74) is 8.76. The van der Waals surface area contributed by atoms with Gasteiger partial charge in [-0.3, -0.25) is 4.79 Å². The Kier molecular flexibility index (Phi) is 3.89. The molecule has 1 atom stereocenters. The average Bonchev–Trinajstić information content (AvgIpc) is 3.18. The zero-order valence-electron chi connectivity index (χ0n) is 16.9. The normalized spacial score (nSPS) is 20.7. The average molecular weight is 403 g/mol. The zero-order chi connectivity index (χ0) is 21.2. The number of imidazole rings is 1. The maximum absolute atomic E-state index is 11.8. The van der Waals surface area contributed by atoms with Crippen LogP contribution in [0.1, 0.15) is 70.8 Å². The highest BCUT2D eigenvalue weighted by Crippen LogP contribution is 2.55. The molecule has 0 saturated heterocycles. The molecule has 1 saturated carbocycles. The molecule has 6 rings (SSSR count). The summed E-state index contributed by atoms with van der Waals surface area (Å²) < 4.78 is 6.77. The van der Waals surface area contributed by atoms with Gasteiger partial charge in [0.1, 0.15) is 0 Å². The number of nitrogens with two attached hydrogens (primary N) is 1. The van der Waals surface area contributed by atoms with Gasteiger partial charge in [0.2, 0.25) is 11.7 Å². The van der Waals surface area contributed by atoms with Gasteiger partial charge in [0.25, 0.3) is 5.91 Å². The van der Waals surface area contributed by atoms with E-state index in [1.165, 1.54) is 12.5 Å². The van der Waals surface area contributed by atoms with E-state index < -0.39 is 11.5 Å². The van der Waals surface area contributed by atoms with Crippen molar-refractivity contribution in [1.29, 1.82) is 0 Å². The summed E-state index contributed by atoms with van der Waals surface area (Å²) in [6.45, 7) is 3.18. The summed E-state index contributed by atoms with van der Waals surface area (Å²) in [6.07, 6.45) is 2.07. The van der Waals surface area contributed by atoms with Gasteiger partial charge in [-0.1, -0.05) is 23.1 Å². The fraction of sp³-hybridized carbons (Fsp3) is 0.364. The van der Waals surface area contributed by atoms with Crippen molar-refractivity contribution >= 4 is 5.91 Å². The molecule has 0 spiro atoms. The highest BCUT2D eigenvalue weighted by Gasteiger charge is 2.41. The fourth-order valence-corrected chi connectivity index (χ4v) is 4.43. The van der Waals surface area contributed by atoms with E-state index in [0.29, 0.717) is 17.7 Å². The first kappa shape index (κ1) is 18.6. The maximum Gasteiger partial charge on any atom is 0.284 e. The second-order valence-electron chi connectivity index (χ2n) is 8.22. The number of carbonyl (C=O) groups is 1. The molecule has 3 aliphatic rings. The molecule has 0 unspecified atom stereocenters. The largest absolute Gasteiger partial charge is 0.371 e. The third-order valence-electron chi connectivity index (χ3n) is 6.05. The molecular weight excluding hydrogens is 382 g/mol. The summed E-state index contributed by atoms with van der Waals surface area (Å²) in [7, 11) is 1.85. The van der Waals surface area contributed by atoms with Crippen LogP contribution < -0.4 is 5.73 Å². The molecule has 152 valence electrons. The summed E-state index contributed by atoms with van der Waals surface area (Å²) >= 11 is 0. The van der Waals surface area contributed by atoms with E-state index in [4.69, 9.17) is 10.3 Å². The van der Waals surface area contributed by atoms with Crippen LogP contribution in [0.2, 0.25) is 0 Å². The molecule has 2 aromatic heterocycles. The van der Waals surface area contributed by atoms with Crippen molar-refractivity contribution in [3.05, 3.63) is 52.6 Å². The predicted molar refractivity (Wildman–Crippen MR) is 107 cm³/mol. The van der Waals surface area contributed by atoms with Crippen LogP contribution in [-0.2, 0) is 12.6 Å². The van der Waals surface area contributed by atoms with Crippen molar-refractivity contribution in [3.8, 4) is 23.1 Å². The molecule has 3 aliphatic carbocycles. The van der Waals surface area contributed by atoms with E-state index in [2.05, 4.69) is 33.0 Å². The lowest BCUT2D eigenvalue weighted by molar-refractivity contribution is 0.0986. The van der Waals surface area contributed by atoms with Gasteiger partial charge in [-0.25, -0.2) is 4.98 Å². The standard InChI is InChI=1S/C22H21N5O3/c1-11-24-21(26-30-11)22(2,29)7-6-12-4-5-15-13-9-14(10-13)18-17(16(15)8-12)25-20(19(23)28)27(18)3/h4-5,8,13-14,29H,9-10H2,1-3H3,(H2,23,28)/t13?,14?,22-/m1/s1. The van der Waals surface area contributed by atoms with E-state index >= 15 is 0 Å². The first-order valence-electron chi connectivity index (χ1n) is 9.81. The number of carbonyl (C=O) groups excluding carboxylic acids is 1. The zero-order valence-corrected chi connectivity index (χ0v) is 16.9. The second kappa shape index (κ2) is 6.28. The number of hydrogen-bond donors (Lipinski definition) is 2. The van der Waals surface area contributed by atoms with Gasteiger partial charge in [0.05, 0.1) is 5.69 Å². The van der Waals surface area contributed by atoms with Crippen LogP contribution in [0.5, 0.6) is 0 Å². The lowest BCUT2D eigenvalue weighted by Crippen LogP contribution is -2.23. The van der Waals surface area contributed by atoms with Gasteiger partial charge >= 0.3 is 0 Å². The van der Waals surface area contributed by atoms with Crippen molar-refractivity contribution in [2.24, 2.45) is 12.8 Å². The minimum Gasteiger partial charge on any atom is -0.371 e. The first-order valence-corrected chi connectivity index (χ1v) is 9.81. The molecule has 0 aliphatic heterocycles. The number of benzene rings is 1. The number of hydrogen-bond acceptors (Lipinski definition) is 6. The molecule has 8 heteroatoms. The Morgan fingerprint density at radius 2 is 2.10 bits per heavy atom. The van der Waals surface area contributed by atoms with E-state index in [1.807, 2.05) is 23.7 Å². The molecule has 3 aromatic rings. The van der Waals surface area contributed by atoms with Crippen LogP contribution in [0.25, 0.3) is 11.3 Å². The molecule has 1 aromatic carbocycles. The number of aromatic nitrogens is 4. The summed E-state index contributed by atoms with van der Waals surface area (Å²) in [6, 6.07) is 5.98. The molecule has 1 amide bonds. The topological polar surface area (TPSA) is 120 Å². The monoisotopic (exact) mass is 403 g/mol. The quantitative estimate of drug-likeness (QED) is 0.633. The summed E-state index contributed by atoms with van der Waals surface area (Å²) in [4.78, 5) is 20.5. The van der Waals surface area contributed by atoms with E-state index in [1.54, 1.807) is 6.92 Å². The van der Waals surface area contributed by atoms with Crippen LogP contribution in [0.3, 0.4) is 0 Å². The van der Waals surface area contributed by atoms with Gasteiger partial charge in [-0.05, 0) is 43.4 Å². The molecule has 0 radical (unpaired) electrons. The van der Waals surface area contributed by atoms with Crippen LogP contribution in [0.4, 0.5) is 0 Å². The Balaban J connectivity index is 1.59. The van der Waals surface area contributed by atoms with Gasteiger partial charge in [-0.15, -0.1) is 0 Å².